The lowest BCUT2D eigenvalue weighted by Gasteiger charge is -2.31. The van der Waals surface area contributed by atoms with Crippen LogP contribution in [-0.2, 0) is 6.54 Å². The van der Waals surface area contributed by atoms with Crippen molar-refractivity contribution in [2.75, 3.05) is 39.0 Å². The van der Waals surface area contributed by atoms with Crippen molar-refractivity contribution >= 4 is 23.1 Å². The second-order valence-corrected chi connectivity index (χ2v) is 11.5. The first kappa shape index (κ1) is 31.1. The zero-order valence-corrected chi connectivity index (χ0v) is 25.0. The predicted octanol–water partition coefficient (Wildman–Crippen LogP) is 3.05. The van der Waals surface area contributed by atoms with Crippen LogP contribution < -0.4 is 15.8 Å². The third-order valence-corrected chi connectivity index (χ3v) is 8.30. The van der Waals surface area contributed by atoms with E-state index in [1.807, 2.05) is 4.90 Å². The number of piperidine rings is 1. The largest absolute Gasteiger partial charge is 0.480 e. The van der Waals surface area contributed by atoms with Gasteiger partial charge in [0.2, 0.25) is 5.88 Å². The molecule has 0 aliphatic carbocycles. The first-order chi connectivity index (χ1) is 21.9. The fourth-order valence-corrected chi connectivity index (χ4v) is 5.86. The van der Waals surface area contributed by atoms with Gasteiger partial charge in [0.25, 0.3) is 17.7 Å². The van der Waals surface area contributed by atoms with E-state index in [1.54, 1.807) is 17.5 Å². The zero-order valence-electron chi connectivity index (χ0n) is 25.0. The molecule has 0 radical (unpaired) electrons. The number of anilines is 1. The highest BCUT2D eigenvalue weighted by molar-refractivity contribution is 5.98. The number of aryl methyl sites for hydroxylation is 1. The van der Waals surface area contributed by atoms with Crippen molar-refractivity contribution in [2.24, 2.45) is 0 Å². The number of rotatable bonds is 7. The van der Waals surface area contributed by atoms with Crippen LogP contribution in [0.1, 0.15) is 44.8 Å². The van der Waals surface area contributed by atoms with E-state index in [9.17, 15) is 22.8 Å². The van der Waals surface area contributed by atoms with Gasteiger partial charge in [0.15, 0.2) is 11.6 Å². The van der Waals surface area contributed by atoms with Gasteiger partial charge >= 0.3 is 0 Å². The molecule has 16 heteroatoms. The fourth-order valence-electron chi connectivity index (χ4n) is 5.86. The molecule has 0 bridgehead atoms. The molecule has 0 unspecified atom stereocenters. The summed E-state index contributed by atoms with van der Waals surface area (Å²) in [7, 11) is 1.33. The van der Waals surface area contributed by atoms with Gasteiger partial charge in [0, 0.05) is 56.5 Å². The van der Waals surface area contributed by atoms with E-state index in [0.29, 0.717) is 34.6 Å². The Labute approximate surface area is 260 Å². The van der Waals surface area contributed by atoms with Crippen LogP contribution in [0.15, 0.2) is 36.9 Å². The summed E-state index contributed by atoms with van der Waals surface area (Å²) in [5.41, 5.74) is 8.55. The number of hydrogen-bond donors (Lipinski definition) is 2. The van der Waals surface area contributed by atoms with Crippen LogP contribution >= 0.6 is 0 Å². The summed E-state index contributed by atoms with van der Waals surface area (Å²) in [5, 5.41) is 6.96. The molecule has 2 saturated heterocycles. The molecule has 2 amide bonds. The molecule has 3 N–H and O–H groups in total. The summed E-state index contributed by atoms with van der Waals surface area (Å²) in [6.07, 6.45) is 1.57. The second-order valence-electron chi connectivity index (χ2n) is 11.5. The van der Waals surface area contributed by atoms with Crippen molar-refractivity contribution in [3.8, 4) is 17.1 Å². The van der Waals surface area contributed by atoms with Gasteiger partial charge in [-0.25, -0.2) is 32.0 Å². The van der Waals surface area contributed by atoms with Crippen molar-refractivity contribution in [3.05, 3.63) is 65.1 Å². The van der Waals surface area contributed by atoms with Gasteiger partial charge in [-0.2, -0.15) is 5.10 Å². The minimum atomic E-state index is -2.69. The lowest BCUT2D eigenvalue weighted by Crippen LogP contribution is -2.42. The van der Waals surface area contributed by atoms with E-state index < -0.39 is 35.8 Å². The summed E-state index contributed by atoms with van der Waals surface area (Å²) < 4.78 is 63.8. The van der Waals surface area contributed by atoms with Crippen molar-refractivity contribution in [2.45, 2.75) is 44.4 Å². The number of pyridine rings is 2. The standard InChI is InChI=1S/C30H31F4N9O3/c1-16-7-19(21(31)11-36-16)29(45)42-13-22(32)23(14-42)40-27(44)20-8-17(10-37-28(20)46-2)24-9-18(25-26(35)38-15-39-43(24)25)12-41-5-3-30(33,34)4-6-41/h7-11,15,22-23H,3-6,12-14H2,1-2H3,(H,40,44)(H2,35,38,39)/t22-,23+/m0/s1. The number of nitrogens with zero attached hydrogens (tertiary/aromatic N) is 7. The van der Waals surface area contributed by atoms with Gasteiger partial charge in [-0.05, 0) is 30.7 Å². The number of alkyl halides is 3. The molecule has 4 aromatic rings. The molecule has 6 heterocycles. The Morgan fingerprint density at radius 3 is 2.59 bits per heavy atom. The normalized spacial score (nSPS) is 19.8. The van der Waals surface area contributed by atoms with Crippen LogP contribution in [0.4, 0.5) is 23.4 Å². The van der Waals surface area contributed by atoms with Crippen molar-refractivity contribution in [1.82, 2.24) is 39.7 Å². The van der Waals surface area contributed by atoms with Gasteiger partial charge in [-0.15, -0.1) is 0 Å². The molecular formula is C30H31F4N9O3. The second kappa shape index (κ2) is 12.2. The monoisotopic (exact) mass is 641 g/mol. The molecule has 46 heavy (non-hydrogen) atoms. The van der Waals surface area contributed by atoms with E-state index in [4.69, 9.17) is 10.5 Å². The number of fused-ring (bicyclic) bond motifs is 1. The molecule has 2 aliphatic heterocycles. The number of nitrogens with one attached hydrogen (secondary N) is 1. The van der Waals surface area contributed by atoms with E-state index in [1.165, 1.54) is 31.8 Å². The van der Waals surface area contributed by atoms with Crippen molar-refractivity contribution < 1.29 is 31.9 Å². The van der Waals surface area contributed by atoms with E-state index in [0.717, 1.165) is 11.1 Å². The summed E-state index contributed by atoms with van der Waals surface area (Å²) >= 11 is 0. The number of hydrogen-bond acceptors (Lipinski definition) is 9. The summed E-state index contributed by atoms with van der Waals surface area (Å²) in [6, 6.07) is 3.50. The SMILES string of the molecule is COc1ncc(-c2cc(CN3CCC(F)(F)CC3)c3c(N)ncnn23)cc1C(=O)N[C@@H]1CN(C(=O)c2cc(C)ncc2F)C[C@@H]1F. The fraction of sp³-hybridized carbons (Fsp3) is 0.400. The Balaban J connectivity index is 1.25. The Kier molecular flexibility index (Phi) is 8.22. The highest BCUT2D eigenvalue weighted by atomic mass is 19.3. The van der Waals surface area contributed by atoms with Gasteiger partial charge in [-0.3, -0.25) is 19.5 Å². The Hall–Kier alpha value is -4.86. The maximum atomic E-state index is 15.1. The molecule has 0 spiro atoms. The average molecular weight is 642 g/mol. The molecule has 6 rings (SSSR count). The smallest absolute Gasteiger partial charge is 0.257 e. The summed E-state index contributed by atoms with van der Waals surface area (Å²) in [6.45, 7) is 1.82. The zero-order chi connectivity index (χ0) is 32.7. The van der Waals surface area contributed by atoms with Gasteiger partial charge < -0.3 is 20.7 Å². The number of likely N-dealkylation sites (tertiary alicyclic amines) is 2. The van der Waals surface area contributed by atoms with Gasteiger partial charge in [0.1, 0.15) is 23.6 Å². The van der Waals surface area contributed by atoms with Crippen LogP contribution in [-0.4, -0.2) is 97.6 Å². The van der Waals surface area contributed by atoms with Gasteiger partial charge in [-0.1, -0.05) is 0 Å². The van der Waals surface area contributed by atoms with Gasteiger partial charge in [0.05, 0.1) is 37.2 Å². The molecule has 242 valence electrons. The maximum absolute atomic E-state index is 15.1. The topological polar surface area (TPSA) is 144 Å². The molecule has 4 aromatic heterocycles. The first-order valence-corrected chi connectivity index (χ1v) is 14.6. The summed E-state index contributed by atoms with van der Waals surface area (Å²) in [4.78, 5) is 41.7. The Bertz CT molecular complexity index is 1810. The van der Waals surface area contributed by atoms with Crippen molar-refractivity contribution in [1.29, 1.82) is 0 Å². The quantitative estimate of drug-likeness (QED) is 0.291. The van der Waals surface area contributed by atoms with Crippen molar-refractivity contribution in [3.63, 3.8) is 0 Å². The molecule has 2 fully saturated rings. The number of ether oxygens (including phenoxy) is 1. The number of amides is 2. The molecule has 2 atom stereocenters. The third-order valence-electron chi connectivity index (χ3n) is 8.30. The van der Waals surface area contributed by atoms with Crippen LogP contribution in [0.3, 0.4) is 0 Å². The van der Waals surface area contributed by atoms with E-state index in [2.05, 4.69) is 25.4 Å². The number of carbonyl (C=O) groups excluding carboxylic acids is 2. The lowest BCUT2D eigenvalue weighted by atomic mass is 10.1. The first-order valence-electron chi connectivity index (χ1n) is 14.6. The number of aromatic nitrogens is 5. The maximum Gasteiger partial charge on any atom is 0.257 e. The molecule has 2 aliphatic rings. The molecule has 12 nitrogen and oxygen atoms in total. The predicted molar refractivity (Wildman–Crippen MR) is 158 cm³/mol. The molecule has 0 aromatic carbocycles. The van der Waals surface area contributed by atoms with Crippen LogP contribution in [0, 0.1) is 12.7 Å². The number of halogens is 4. The Morgan fingerprint density at radius 1 is 1.09 bits per heavy atom. The highest BCUT2D eigenvalue weighted by Gasteiger charge is 2.38. The van der Waals surface area contributed by atoms with E-state index >= 15 is 4.39 Å². The van der Waals surface area contributed by atoms with Crippen LogP contribution in [0.25, 0.3) is 16.8 Å². The number of methoxy groups -OCH3 is 1. The van der Waals surface area contributed by atoms with Crippen LogP contribution in [0.5, 0.6) is 5.88 Å². The number of nitrogen functional groups attached to an aromatic ring is 1. The molecular weight excluding hydrogens is 610 g/mol. The van der Waals surface area contributed by atoms with Crippen LogP contribution in [0.2, 0.25) is 0 Å². The number of nitrogens with two attached hydrogens (primary N) is 1. The lowest BCUT2D eigenvalue weighted by molar-refractivity contribution is -0.0565. The molecule has 0 saturated carbocycles. The minimum absolute atomic E-state index is 0.00966. The third kappa shape index (κ3) is 6.03. The number of carbonyl (C=O) groups is 2. The Morgan fingerprint density at radius 2 is 1.85 bits per heavy atom. The van der Waals surface area contributed by atoms with E-state index in [-0.39, 0.29) is 61.8 Å². The minimum Gasteiger partial charge on any atom is -0.480 e. The highest BCUT2D eigenvalue weighted by Crippen LogP contribution is 2.33. The average Bonchev–Trinajstić information content (AvgIpc) is 3.59. The summed E-state index contributed by atoms with van der Waals surface area (Å²) in [5.74, 6) is -4.77.